The smallest absolute Gasteiger partial charge is 0.407 e. The van der Waals surface area contributed by atoms with Crippen molar-refractivity contribution in [1.82, 2.24) is 5.06 Å². The molecule has 1 saturated heterocycles. The number of hydroxylamine groups is 2. The number of carbonyl (C=O) groups is 5. The van der Waals surface area contributed by atoms with Crippen molar-refractivity contribution in [1.29, 1.82) is 0 Å². The molecule has 0 aromatic rings. The van der Waals surface area contributed by atoms with Crippen molar-refractivity contribution in [2.75, 3.05) is 6.61 Å². The van der Waals surface area contributed by atoms with Gasteiger partial charge in [0.1, 0.15) is 6.10 Å². The van der Waals surface area contributed by atoms with Gasteiger partial charge in [-0.2, -0.15) is 0 Å². The fraction of sp³-hybridized carbons (Fsp3) is 0.886. The molecule has 2 amide bonds. The summed E-state index contributed by atoms with van der Waals surface area (Å²) >= 11 is 0. The van der Waals surface area contributed by atoms with E-state index in [-0.39, 0.29) is 30.7 Å². The molecule has 0 aliphatic carbocycles. The van der Waals surface area contributed by atoms with Crippen molar-refractivity contribution in [3.63, 3.8) is 0 Å². The van der Waals surface area contributed by atoms with Crippen molar-refractivity contribution in [2.45, 2.75) is 244 Å². The third-order valence-corrected chi connectivity index (χ3v) is 10.9. The van der Waals surface area contributed by atoms with Crippen LogP contribution >= 0.6 is 0 Å². The molecule has 1 aliphatic rings. The number of ketones is 2. The van der Waals surface area contributed by atoms with E-state index in [0.717, 1.165) is 51.4 Å². The standard InChI is InChI=1S/C44H79NO9/c1-3-5-7-9-11-13-15-17-19-21-23-25-27-29-31-33-38(47)44(40(49)37-46,53-43(52)54-45-41(50)35-36-42(45)51)39(48)34-32-30-28-26-24-22-20-18-16-14-12-10-8-6-4-2/h40,46,49H,3-37H2,1-2H3. The topological polar surface area (TPSA) is 148 Å². The van der Waals surface area contributed by atoms with Crippen LogP contribution in [0.4, 0.5) is 4.79 Å². The Balaban J connectivity index is 2.56. The van der Waals surface area contributed by atoms with Crippen molar-refractivity contribution in [2.24, 2.45) is 0 Å². The predicted molar refractivity (Wildman–Crippen MR) is 214 cm³/mol. The molecule has 1 rings (SSSR count). The Hall–Kier alpha value is -2.33. The van der Waals surface area contributed by atoms with E-state index in [1.165, 1.54) is 128 Å². The average Bonchev–Trinajstić information content (AvgIpc) is 3.48. The summed E-state index contributed by atoms with van der Waals surface area (Å²) in [5, 5.41) is 21.1. The molecule has 0 aromatic heterocycles. The lowest BCUT2D eigenvalue weighted by molar-refractivity contribution is -0.191. The number of nitrogens with zero attached hydrogens (tertiary/aromatic N) is 1. The van der Waals surface area contributed by atoms with Crippen molar-refractivity contribution in [3.8, 4) is 0 Å². The van der Waals surface area contributed by atoms with Crippen LogP contribution in [0.3, 0.4) is 0 Å². The van der Waals surface area contributed by atoms with Crippen LogP contribution in [0.2, 0.25) is 0 Å². The summed E-state index contributed by atoms with van der Waals surface area (Å²) in [6.07, 6.45) is 30.1. The first-order valence-corrected chi connectivity index (χ1v) is 22.4. The van der Waals surface area contributed by atoms with Crippen LogP contribution < -0.4 is 0 Å². The minimum atomic E-state index is -2.69. The van der Waals surface area contributed by atoms with Gasteiger partial charge < -0.3 is 14.9 Å². The first-order chi connectivity index (χ1) is 26.2. The van der Waals surface area contributed by atoms with Crippen LogP contribution in [0.25, 0.3) is 0 Å². The van der Waals surface area contributed by atoms with Crippen LogP contribution in [0.15, 0.2) is 0 Å². The van der Waals surface area contributed by atoms with E-state index in [2.05, 4.69) is 13.8 Å². The first kappa shape index (κ1) is 49.7. The second-order valence-corrected chi connectivity index (χ2v) is 15.7. The molecule has 314 valence electrons. The van der Waals surface area contributed by atoms with E-state index >= 15 is 0 Å². The molecule has 10 nitrogen and oxygen atoms in total. The summed E-state index contributed by atoms with van der Waals surface area (Å²) in [6, 6.07) is 0. The minimum absolute atomic E-state index is 0.144. The number of hydrogen-bond donors (Lipinski definition) is 2. The maximum atomic E-state index is 13.7. The quantitative estimate of drug-likeness (QED) is 0.0271. The highest BCUT2D eigenvalue weighted by Crippen LogP contribution is 2.28. The number of unbranched alkanes of at least 4 members (excludes halogenated alkanes) is 28. The Morgan fingerprint density at radius 2 is 0.815 bits per heavy atom. The SMILES string of the molecule is CCCCCCCCCCCCCCCCCC(=O)C(OC(=O)ON1C(=O)CCC1=O)(C(=O)CCCCCCCCCCCCCCCCC)C(O)CO. The molecule has 0 radical (unpaired) electrons. The predicted octanol–water partition coefficient (Wildman–Crippen LogP) is 11.0. The van der Waals surface area contributed by atoms with Crippen LogP contribution in [-0.4, -0.2) is 63.1 Å². The molecule has 1 fully saturated rings. The molecule has 0 saturated carbocycles. The first-order valence-electron chi connectivity index (χ1n) is 22.4. The van der Waals surface area contributed by atoms with Crippen LogP contribution in [0.5, 0.6) is 0 Å². The van der Waals surface area contributed by atoms with E-state index in [0.29, 0.717) is 12.8 Å². The van der Waals surface area contributed by atoms with Crippen molar-refractivity contribution < 1.29 is 43.8 Å². The van der Waals surface area contributed by atoms with Gasteiger partial charge in [-0.25, -0.2) is 4.79 Å². The molecule has 0 bridgehead atoms. The number of carbonyl (C=O) groups excluding carboxylic acids is 5. The fourth-order valence-electron chi connectivity index (χ4n) is 7.41. The van der Waals surface area contributed by atoms with E-state index in [1.54, 1.807) is 0 Å². The Bertz CT molecular complexity index is 954. The zero-order chi connectivity index (χ0) is 39.7. The highest BCUT2D eigenvalue weighted by Gasteiger charge is 2.55. The van der Waals surface area contributed by atoms with E-state index in [9.17, 15) is 34.2 Å². The molecule has 0 spiro atoms. The normalized spacial score (nSPS) is 13.8. The minimum Gasteiger partial charge on any atom is -0.407 e. The highest BCUT2D eigenvalue weighted by molar-refractivity contribution is 6.12. The number of imide groups is 1. The molecule has 1 heterocycles. The van der Waals surface area contributed by atoms with Gasteiger partial charge in [-0.3, -0.25) is 24.0 Å². The second-order valence-electron chi connectivity index (χ2n) is 15.7. The summed E-state index contributed by atoms with van der Waals surface area (Å²) < 4.78 is 5.31. The van der Waals surface area contributed by atoms with Gasteiger partial charge in [0, 0.05) is 25.7 Å². The van der Waals surface area contributed by atoms with Gasteiger partial charge in [-0.1, -0.05) is 199 Å². The number of Topliss-reactive ketones (excluding diaryl/α,β-unsaturated/α-hetero) is 2. The zero-order valence-electron chi connectivity index (χ0n) is 34.5. The van der Waals surface area contributed by atoms with E-state index < -0.39 is 47.8 Å². The number of aliphatic hydroxyl groups excluding tert-OH is 2. The Labute approximate surface area is 328 Å². The molecular weight excluding hydrogens is 686 g/mol. The van der Waals surface area contributed by atoms with Gasteiger partial charge >= 0.3 is 6.16 Å². The number of aliphatic hydroxyl groups is 2. The fourth-order valence-corrected chi connectivity index (χ4v) is 7.41. The highest BCUT2D eigenvalue weighted by atomic mass is 16.8. The van der Waals surface area contributed by atoms with Crippen molar-refractivity contribution >= 4 is 29.5 Å². The summed E-state index contributed by atoms with van der Waals surface area (Å²) in [6.45, 7) is 3.47. The molecule has 54 heavy (non-hydrogen) atoms. The molecule has 1 aliphatic heterocycles. The summed E-state index contributed by atoms with van der Waals surface area (Å²) in [7, 11) is 0. The van der Waals surface area contributed by atoms with Gasteiger partial charge in [-0.05, 0) is 12.8 Å². The Kier molecular flexibility index (Phi) is 30.2. The van der Waals surface area contributed by atoms with Gasteiger partial charge in [0.05, 0.1) is 6.61 Å². The van der Waals surface area contributed by atoms with E-state index in [4.69, 9.17) is 9.57 Å². The summed E-state index contributed by atoms with van der Waals surface area (Å²) in [5.41, 5.74) is -2.69. The molecule has 0 aromatic carbocycles. The van der Waals surface area contributed by atoms with Crippen molar-refractivity contribution in [3.05, 3.63) is 0 Å². The number of amides is 2. The molecule has 10 heteroatoms. The lowest BCUT2D eigenvalue weighted by atomic mass is 9.82. The molecular formula is C44H79NO9. The van der Waals surface area contributed by atoms with Gasteiger partial charge in [0.25, 0.3) is 17.4 Å². The molecule has 1 atom stereocenters. The van der Waals surface area contributed by atoms with Crippen LogP contribution in [0.1, 0.15) is 232 Å². The zero-order valence-corrected chi connectivity index (χ0v) is 34.5. The van der Waals surface area contributed by atoms with Crippen LogP contribution in [-0.2, 0) is 28.8 Å². The molecule has 1 unspecified atom stereocenters. The summed E-state index contributed by atoms with van der Waals surface area (Å²) in [4.78, 5) is 69.2. The van der Waals surface area contributed by atoms with Gasteiger partial charge in [0.15, 0.2) is 11.6 Å². The lowest BCUT2D eigenvalue weighted by Crippen LogP contribution is -2.60. The number of rotatable bonds is 38. The monoisotopic (exact) mass is 766 g/mol. The third-order valence-electron chi connectivity index (χ3n) is 10.9. The van der Waals surface area contributed by atoms with Gasteiger partial charge in [0.2, 0.25) is 0 Å². The lowest BCUT2D eigenvalue weighted by Gasteiger charge is -2.33. The Morgan fingerprint density at radius 1 is 0.537 bits per heavy atom. The maximum Gasteiger partial charge on any atom is 0.535 e. The number of ether oxygens (including phenoxy) is 1. The summed E-state index contributed by atoms with van der Waals surface area (Å²) in [5.74, 6) is -3.14. The van der Waals surface area contributed by atoms with Gasteiger partial charge in [-0.15, -0.1) is 0 Å². The molecule has 2 N–H and O–H groups in total. The number of hydrogen-bond acceptors (Lipinski definition) is 9. The maximum absolute atomic E-state index is 13.7. The Morgan fingerprint density at radius 3 is 1.09 bits per heavy atom. The second kappa shape index (κ2) is 32.9. The largest absolute Gasteiger partial charge is 0.535 e. The third kappa shape index (κ3) is 21.7. The average molecular weight is 766 g/mol. The van der Waals surface area contributed by atoms with E-state index in [1.807, 2.05) is 0 Å². The van der Waals surface area contributed by atoms with Crippen LogP contribution in [0, 0.1) is 0 Å².